The lowest BCUT2D eigenvalue weighted by atomic mass is 10.0. The van der Waals surface area contributed by atoms with E-state index in [1.807, 2.05) is 32.0 Å². The molecule has 0 aromatic heterocycles. The molecule has 0 saturated heterocycles. The van der Waals surface area contributed by atoms with Gasteiger partial charge in [0.05, 0.1) is 11.8 Å². The lowest BCUT2D eigenvalue weighted by Gasteiger charge is -2.13. The standard InChI is InChI=1S/C16H19NO/c1-11(2)18-16-8-7-14(10-15(16)17)13-6-4-5-12(3)9-13/h4-11H,17H2,1-3H3. The minimum absolute atomic E-state index is 0.136. The van der Waals surface area contributed by atoms with Gasteiger partial charge in [-0.3, -0.25) is 0 Å². The number of nitrogens with two attached hydrogens (primary N) is 1. The molecule has 0 spiro atoms. The number of nitrogen functional groups attached to an aromatic ring is 1. The van der Waals surface area contributed by atoms with Crippen LogP contribution in [0.4, 0.5) is 5.69 Å². The second-order valence-corrected chi connectivity index (χ2v) is 4.79. The van der Waals surface area contributed by atoms with Gasteiger partial charge in [-0.1, -0.05) is 35.9 Å². The number of anilines is 1. The predicted octanol–water partition coefficient (Wildman–Crippen LogP) is 4.03. The first-order chi connectivity index (χ1) is 8.56. The van der Waals surface area contributed by atoms with E-state index in [2.05, 4.69) is 31.2 Å². The number of hydrogen-bond donors (Lipinski definition) is 1. The summed E-state index contributed by atoms with van der Waals surface area (Å²) in [6.45, 7) is 6.07. The number of aryl methyl sites for hydroxylation is 1. The Hall–Kier alpha value is -1.96. The van der Waals surface area contributed by atoms with E-state index in [9.17, 15) is 0 Å². The minimum Gasteiger partial charge on any atom is -0.489 e. The van der Waals surface area contributed by atoms with Gasteiger partial charge in [-0.25, -0.2) is 0 Å². The third kappa shape index (κ3) is 2.83. The molecule has 0 saturated carbocycles. The van der Waals surface area contributed by atoms with Crippen LogP contribution in [0.5, 0.6) is 5.75 Å². The zero-order valence-corrected chi connectivity index (χ0v) is 11.1. The van der Waals surface area contributed by atoms with Gasteiger partial charge in [-0.2, -0.15) is 0 Å². The van der Waals surface area contributed by atoms with E-state index in [-0.39, 0.29) is 6.10 Å². The van der Waals surface area contributed by atoms with Gasteiger partial charge in [0, 0.05) is 0 Å². The van der Waals surface area contributed by atoms with Gasteiger partial charge in [0.15, 0.2) is 0 Å². The lowest BCUT2D eigenvalue weighted by molar-refractivity contribution is 0.244. The molecule has 0 atom stereocenters. The van der Waals surface area contributed by atoms with E-state index >= 15 is 0 Å². The Morgan fingerprint density at radius 2 is 1.72 bits per heavy atom. The van der Waals surface area contributed by atoms with E-state index in [4.69, 9.17) is 10.5 Å². The third-order valence-electron chi connectivity index (χ3n) is 2.72. The molecule has 0 aliphatic heterocycles. The maximum Gasteiger partial charge on any atom is 0.142 e. The molecule has 0 aliphatic rings. The average molecular weight is 241 g/mol. The highest BCUT2D eigenvalue weighted by atomic mass is 16.5. The molecule has 0 unspecified atom stereocenters. The maximum atomic E-state index is 6.02. The van der Waals surface area contributed by atoms with Crippen molar-refractivity contribution in [2.24, 2.45) is 0 Å². The third-order valence-corrected chi connectivity index (χ3v) is 2.72. The Labute approximate surface area is 108 Å². The van der Waals surface area contributed by atoms with Crippen LogP contribution in [0, 0.1) is 6.92 Å². The molecular formula is C16H19NO. The number of benzene rings is 2. The molecule has 94 valence electrons. The van der Waals surface area contributed by atoms with Crippen molar-refractivity contribution in [3.05, 3.63) is 48.0 Å². The highest BCUT2D eigenvalue weighted by Gasteiger charge is 2.05. The molecule has 2 aromatic carbocycles. The van der Waals surface area contributed by atoms with Crippen LogP contribution in [0.25, 0.3) is 11.1 Å². The van der Waals surface area contributed by atoms with Crippen LogP contribution < -0.4 is 10.5 Å². The fourth-order valence-electron chi connectivity index (χ4n) is 1.91. The van der Waals surface area contributed by atoms with E-state index in [1.165, 1.54) is 11.1 Å². The number of rotatable bonds is 3. The van der Waals surface area contributed by atoms with Crippen LogP contribution in [-0.4, -0.2) is 6.10 Å². The Morgan fingerprint density at radius 1 is 1.00 bits per heavy atom. The molecule has 0 bridgehead atoms. The van der Waals surface area contributed by atoms with Crippen LogP contribution in [0.3, 0.4) is 0 Å². The largest absolute Gasteiger partial charge is 0.489 e. The van der Waals surface area contributed by atoms with Crippen LogP contribution in [-0.2, 0) is 0 Å². The van der Waals surface area contributed by atoms with Gasteiger partial charge in [-0.15, -0.1) is 0 Å². The van der Waals surface area contributed by atoms with Crippen molar-refractivity contribution >= 4 is 5.69 Å². The van der Waals surface area contributed by atoms with E-state index in [0.717, 1.165) is 11.3 Å². The highest BCUT2D eigenvalue weighted by Crippen LogP contribution is 2.29. The normalized spacial score (nSPS) is 10.7. The van der Waals surface area contributed by atoms with Crippen molar-refractivity contribution in [2.75, 3.05) is 5.73 Å². The monoisotopic (exact) mass is 241 g/mol. The van der Waals surface area contributed by atoms with Gasteiger partial charge in [0.25, 0.3) is 0 Å². The first kappa shape index (κ1) is 12.5. The Bertz CT molecular complexity index is 547. The summed E-state index contributed by atoms with van der Waals surface area (Å²) in [5.74, 6) is 0.751. The summed E-state index contributed by atoms with van der Waals surface area (Å²) < 4.78 is 5.63. The maximum absolute atomic E-state index is 6.02. The molecule has 2 N–H and O–H groups in total. The summed E-state index contributed by atoms with van der Waals surface area (Å²) >= 11 is 0. The molecule has 0 aliphatic carbocycles. The first-order valence-electron chi connectivity index (χ1n) is 6.19. The van der Waals surface area contributed by atoms with Crippen molar-refractivity contribution in [3.63, 3.8) is 0 Å². The Balaban J connectivity index is 2.34. The van der Waals surface area contributed by atoms with Crippen molar-refractivity contribution in [1.82, 2.24) is 0 Å². The fourth-order valence-corrected chi connectivity index (χ4v) is 1.91. The summed E-state index contributed by atoms with van der Waals surface area (Å²) in [6.07, 6.45) is 0.136. The topological polar surface area (TPSA) is 35.2 Å². The van der Waals surface area contributed by atoms with Crippen molar-refractivity contribution in [2.45, 2.75) is 26.9 Å². The molecule has 2 aromatic rings. The highest BCUT2D eigenvalue weighted by molar-refractivity contribution is 5.71. The summed E-state index contributed by atoms with van der Waals surface area (Å²) in [6, 6.07) is 14.3. The predicted molar refractivity (Wildman–Crippen MR) is 76.8 cm³/mol. The molecule has 2 rings (SSSR count). The van der Waals surface area contributed by atoms with Crippen molar-refractivity contribution in [3.8, 4) is 16.9 Å². The number of hydrogen-bond acceptors (Lipinski definition) is 2. The van der Waals surface area contributed by atoms with Gasteiger partial charge in [-0.05, 0) is 44.0 Å². The van der Waals surface area contributed by atoms with Crippen molar-refractivity contribution < 1.29 is 4.74 Å². The summed E-state index contributed by atoms with van der Waals surface area (Å²) in [5.41, 5.74) is 10.2. The molecule has 0 amide bonds. The molecule has 0 heterocycles. The van der Waals surface area contributed by atoms with Crippen LogP contribution in [0.1, 0.15) is 19.4 Å². The van der Waals surface area contributed by atoms with Crippen LogP contribution in [0.2, 0.25) is 0 Å². The van der Waals surface area contributed by atoms with E-state index in [0.29, 0.717) is 5.69 Å². The van der Waals surface area contributed by atoms with Gasteiger partial charge >= 0.3 is 0 Å². The quantitative estimate of drug-likeness (QED) is 0.823. The molecule has 18 heavy (non-hydrogen) atoms. The lowest BCUT2D eigenvalue weighted by Crippen LogP contribution is -2.07. The molecule has 2 nitrogen and oxygen atoms in total. The summed E-state index contributed by atoms with van der Waals surface area (Å²) in [7, 11) is 0. The molecular weight excluding hydrogens is 222 g/mol. The van der Waals surface area contributed by atoms with Gasteiger partial charge in [0.2, 0.25) is 0 Å². The zero-order chi connectivity index (χ0) is 13.1. The fraction of sp³-hybridized carbons (Fsp3) is 0.250. The summed E-state index contributed by atoms with van der Waals surface area (Å²) in [4.78, 5) is 0. The minimum atomic E-state index is 0.136. The van der Waals surface area contributed by atoms with E-state index in [1.54, 1.807) is 0 Å². The smallest absolute Gasteiger partial charge is 0.142 e. The number of ether oxygens (including phenoxy) is 1. The zero-order valence-electron chi connectivity index (χ0n) is 11.1. The first-order valence-corrected chi connectivity index (χ1v) is 6.19. The van der Waals surface area contributed by atoms with E-state index < -0.39 is 0 Å². The van der Waals surface area contributed by atoms with Crippen molar-refractivity contribution in [1.29, 1.82) is 0 Å². The molecule has 0 fully saturated rings. The SMILES string of the molecule is Cc1cccc(-c2ccc(OC(C)C)c(N)c2)c1. The Morgan fingerprint density at radius 3 is 2.33 bits per heavy atom. The van der Waals surface area contributed by atoms with Crippen LogP contribution >= 0.6 is 0 Å². The Kier molecular flexibility index (Phi) is 3.56. The van der Waals surface area contributed by atoms with Gasteiger partial charge < -0.3 is 10.5 Å². The second kappa shape index (κ2) is 5.13. The average Bonchev–Trinajstić information content (AvgIpc) is 2.31. The molecule has 2 heteroatoms. The second-order valence-electron chi connectivity index (χ2n) is 4.79. The van der Waals surface area contributed by atoms with Crippen LogP contribution in [0.15, 0.2) is 42.5 Å². The summed E-state index contributed by atoms with van der Waals surface area (Å²) in [5, 5.41) is 0. The van der Waals surface area contributed by atoms with Gasteiger partial charge in [0.1, 0.15) is 5.75 Å². The molecule has 0 radical (unpaired) electrons.